The van der Waals surface area contributed by atoms with Crippen LogP contribution in [-0.4, -0.2) is 11.1 Å². The Morgan fingerprint density at radius 1 is 1.05 bits per heavy atom. The Kier molecular flexibility index (Phi) is 4.00. The second-order valence-corrected chi connectivity index (χ2v) is 6.73. The summed E-state index contributed by atoms with van der Waals surface area (Å²) in [7, 11) is 0. The van der Waals surface area contributed by atoms with Crippen molar-refractivity contribution in [3.8, 4) is 5.75 Å². The number of benzene rings is 1. The van der Waals surface area contributed by atoms with Gasteiger partial charge in [0, 0.05) is 6.04 Å². The van der Waals surface area contributed by atoms with Crippen LogP contribution >= 0.6 is 0 Å². The van der Waals surface area contributed by atoms with Crippen molar-refractivity contribution < 1.29 is 5.11 Å². The van der Waals surface area contributed by atoms with Gasteiger partial charge >= 0.3 is 0 Å². The summed E-state index contributed by atoms with van der Waals surface area (Å²) >= 11 is 0. The molecule has 0 heterocycles. The molecule has 5 nitrogen and oxygen atoms in total. The first kappa shape index (κ1) is 16.1. The Bertz CT molecular complexity index is 745. The Hall–Kier alpha value is -2.30. The predicted octanol–water partition coefficient (Wildman–Crippen LogP) is 2.89. The normalized spacial score (nSPS) is 13.1. The van der Waals surface area contributed by atoms with E-state index < -0.39 is 10.9 Å². The van der Waals surface area contributed by atoms with Gasteiger partial charge in [0.25, 0.3) is 10.9 Å². The monoisotopic (exact) mass is 302 g/mol. The molecule has 1 unspecified atom stereocenters. The molecule has 0 fully saturated rings. The van der Waals surface area contributed by atoms with E-state index in [1.807, 2.05) is 19.9 Å². The molecule has 2 aromatic carbocycles. The van der Waals surface area contributed by atoms with E-state index in [4.69, 9.17) is 0 Å². The molecule has 0 saturated carbocycles. The lowest BCUT2D eigenvalue weighted by molar-refractivity contribution is 0.359. The maximum atomic E-state index is 11.8. The van der Waals surface area contributed by atoms with Crippen molar-refractivity contribution in [2.75, 3.05) is 10.6 Å². The third kappa shape index (κ3) is 2.84. The van der Waals surface area contributed by atoms with Gasteiger partial charge in [-0.3, -0.25) is 9.59 Å². The Balaban J connectivity index is 2.33. The second kappa shape index (κ2) is 5.48. The first-order valence-corrected chi connectivity index (χ1v) is 7.28. The van der Waals surface area contributed by atoms with Crippen LogP contribution in [0.2, 0.25) is 0 Å². The Labute approximate surface area is 129 Å². The molecule has 2 rings (SSSR count). The summed E-state index contributed by atoms with van der Waals surface area (Å²) < 4.78 is 0. The summed E-state index contributed by atoms with van der Waals surface area (Å²) in [5.74, 6) is 0.0443. The lowest BCUT2D eigenvalue weighted by Crippen LogP contribution is -2.41. The third-order valence-electron chi connectivity index (χ3n) is 4.07. The molecule has 0 aliphatic carbocycles. The molecular weight excluding hydrogens is 280 g/mol. The molecule has 0 aliphatic rings. The molecule has 0 radical (unpaired) electrons. The van der Waals surface area contributed by atoms with Crippen molar-refractivity contribution in [1.82, 2.24) is 0 Å². The molecule has 22 heavy (non-hydrogen) atoms. The number of aryl methyl sites for hydroxylation is 1. The van der Waals surface area contributed by atoms with E-state index in [2.05, 4.69) is 31.4 Å². The minimum atomic E-state index is -0.564. The van der Waals surface area contributed by atoms with E-state index in [-0.39, 0.29) is 28.6 Å². The summed E-state index contributed by atoms with van der Waals surface area (Å²) in [5.41, 5.74) is 0.601. The van der Waals surface area contributed by atoms with Crippen LogP contribution in [0.25, 0.3) is 0 Å². The highest BCUT2D eigenvalue weighted by Crippen LogP contribution is 2.32. The van der Waals surface area contributed by atoms with E-state index in [9.17, 15) is 14.7 Å². The minimum absolute atomic E-state index is 0.0156. The highest BCUT2D eigenvalue weighted by Gasteiger charge is 2.27. The summed E-state index contributed by atoms with van der Waals surface area (Å²) in [5, 5.41) is 15.9. The highest BCUT2D eigenvalue weighted by atomic mass is 16.3. The minimum Gasteiger partial charge on any atom is -0.506 e. The molecule has 118 valence electrons. The fourth-order valence-corrected chi connectivity index (χ4v) is 2.02. The van der Waals surface area contributed by atoms with Crippen molar-refractivity contribution >= 4 is 17.1 Å². The molecule has 5 heteroatoms. The average molecular weight is 302 g/mol. The van der Waals surface area contributed by atoms with Gasteiger partial charge in [-0.25, -0.2) is 0 Å². The van der Waals surface area contributed by atoms with Crippen LogP contribution in [0.4, 0.5) is 17.1 Å². The lowest BCUT2D eigenvalue weighted by atomic mass is 9.87. The first-order chi connectivity index (χ1) is 10.1. The number of phenolic OH excluding ortho intramolecular Hbond substituents is 1. The zero-order valence-corrected chi connectivity index (χ0v) is 13.6. The maximum Gasteiger partial charge on any atom is 0.253 e. The van der Waals surface area contributed by atoms with Crippen LogP contribution in [0.5, 0.6) is 5.75 Å². The van der Waals surface area contributed by atoms with Gasteiger partial charge < -0.3 is 15.7 Å². The number of hydrogen-bond acceptors (Lipinski definition) is 5. The molecule has 0 bridgehead atoms. The molecule has 0 amide bonds. The van der Waals surface area contributed by atoms with Crippen molar-refractivity contribution in [3.05, 3.63) is 44.2 Å². The number of rotatable bonds is 4. The van der Waals surface area contributed by atoms with Crippen LogP contribution in [0, 0.1) is 12.3 Å². The average Bonchev–Trinajstić information content (AvgIpc) is 2.43. The highest BCUT2D eigenvalue weighted by molar-refractivity contribution is 5.81. The van der Waals surface area contributed by atoms with Crippen molar-refractivity contribution in [1.29, 1.82) is 0 Å². The van der Waals surface area contributed by atoms with E-state index in [0.29, 0.717) is 5.69 Å². The molecule has 3 N–H and O–H groups in total. The molecule has 2 aromatic rings. The van der Waals surface area contributed by atoms with Crippen molar-refractivity contribution in [2.45, 2.75) is 40.7 Å². The zero-order valence-electron chi connectivity index (χ0n) is 13.6. The van der Waals surface area contributed by atoms with Crippen LogP contribution in [-0.2, 0) is 0 Å². The van der Waals surface area contributed by atoms with Crippen LogP contribution < -0.4 is 21.5 Å². The van der Waals surface area contributed by atoms with E-state index in [0.717, 1.165) is 5.56 Å². The van der Waals surface area contributed by atoms with Gasteiger partial charge in [0.15, 0.2) is 0 Å². The number of para-hydroxylation sites is 1. The van der Waals surface area contributed by atoms with Gasteiger partial charge in [-0.2, -0.15) is 0 Å². The van der Waals surface area contributed by atoms with Gasteiger partial charge in [-0.15, -0.1) is 0 Å². The van der Waals surface area contributed by atoms with Gasteiger partial charge in [0.05, 0.1) is 5.69 Å². The number of aromatic hydroxyl groups is 1. The van der Waals surface area contributed by atoms with E-state index in [1.54, 1.807) is 6.07 Å². The number of anilines is 3. The number of hydrogen-bond donors (Lipinski definition) is 3. The van der Waals surface area contributed by atoms with Crippen LogP contribution in [0.1, 0.15) is 33.3 Å². The summed E-state index contributed by atoms with van der Waals surface area (Å²) in [6, 6.07) is 5.09. The van der Waals surface area contributed by atoms with E-state index in [1.165, 1.54) is 6.07 Å². The third-order valence-corrected chi connectivity index (χ3v) is 4.07. The van der Waals surface area contributed by atoms with Crippen LogP contribution in [0.15, 0.2) is 27.8 Å². The molecular formula is C17H22N2O3. The molecule has 1 atom stereocenters. The predicted molar refractivity (Wildman–Crippen MR) is 90.0 cm³/mol. The van der Waals surface area contributed by atoms with Gasteiger partial charge in [-0.1, -0.05) is 32.9 Å². The van der Waals surface area contributed by atoms with Gasteiger partial charge in [-0.05, 0) is 30.9 Å². The largest absolute Gasteiger partial charge is 0.506 e. The van der Waals surface area contributed by atoms with E-state index >= 15 is 0 Å². The fourth-order valence-electron chi connectivity index (χ4n) is 2.02. The number of phenols is 1. The Morgan fingerprint density at radius 2 is 1.64 bits per heavy atom. The molecule has 0 spiro atoms. The fraction of sp³-hybridized carbons (Fsp3) is 0.412. The van der Waals surface area contributed by atoms with Gasteiger partial charge in [0.2, 0.25) is 0 Å². The zero-order chi connectivity index (χ0) is 16.7. The Morgan fingerprint density at radius 3 is 2.18 bits per heavy atom. The molecule has 0 aromatic heterocycles. The lowest BCUT2D eigenvalue weighted by Gasteiger charge is -2.30. The van der Waals surface area contributed by atoms with Gasteiger partial charge in [0.1, 0.15) is 17.1 Å². The summed E-state index contributed by atoms with van der Waals surface area (Å²) in [4.78, 5) is 23.7. The quantitative estimate of drug-likeness (QED) is 0.598. The summed E-state index contributed by atoms with van der Waals surface area (Å²) in [6.45, 7) is 9.94. The second-order valence-electron chi connectivity index (χ2n) is 6.73. The SMILES string of the molecule is Cc1cccc(O)c1Nc1c(NC(C)C(C)(C)C)c(=O)c1=O. The van der Waals surface area contributed by atoms with Crippen molar-refractivity contribution in [3.63, 3.8) is 0 Å². The first-order valence-electron chi connectivity index (χ1n) is 7.28. The topological polar surface area (TPSA) is 78.4 Å². The molecule has 0 saturated heterocycles. The standard InChI is InChI=1S/C17H22N2O3/c1-9-7-6-8-11(20)12(9)19-14-13(15(21)16(14)22)18-10(2)17(3,4)5/h6-8,10,18-20H,1-5H3. The molecule has 0 aliphatic heterocycles. The smallest absolute Gasteiger partial charge is 0.253 e. The number of nitrogens with one attached hydrogen (secondary N) is 2. The van der Waals surface area contributed by atoms with Crippen molar-refractivity contribution in [2.24, 2.45) is 5.41 Å². The van der Waals surface area contributed by atoms with Crippen LogP contribution in [0.3, 0.4) is 0 Å². The maximum absolute atomic E-state index is 11.8. The summed E-state index contributed by atoms with van der Waals surface area (Å²) in [6.07, 6.45) is 0.